The summed E-state index contributed by atoms with van der Waals surface area (Å²) in [6.45, 7) is 2.94. The quantitative estimate of drug-likeness (QED) is 0.585. The van der Waals surface area contributed by atoms with E-state index in [0.717, 1.165) is 11.3 Å². The van der Waals surface area contributed by atoms with Crippen LogP contribution < -0.4 is 9.80 Å². The summed E-state index contributed by atoms with van der Waals surface area (Å²) in [7, 11) is 0. The summed E-state index contributed by atoms with van der Waals surface area (Å²) < 4.78 is 0. The van der Waals surface area contributed by atoms with Crippen molar-refractivity contribution >= 4 is 40.8 Å². The standard InChI is InChI=1S/C24H20N2O4/c1-13(27)15-7-10-17(11-8-15)25-23(29)20-19-12-9-16-5-3-4-6-18(16)26(19)22(14(2)28)21(20)24(25)30/h3-12,19-22H,1-2H3/t19-,20-,21-,22-/m0/s1. The van der Waals surface area contributed by atoms with Gasteiger partial charge < -0.3 is 4.90 Å². The van der Waals surface area contributed by atoms with Crippen LogP contribution in [0.5, 0.6) is 0 Å². The van der Waals surface area contributed by atoms with Crippen molar-refractivity contribution in [3.05, 3.63) is 65.7 Å². The predicted molar refractivity (Wildman–Crippen MR) is 112 cm³/mol. The van der Waals surface area contributed by atoms with Crippen molar-refractivity contribution in [2.24, 2.45) is 11.8 Å². The maximum absolute atomic E-state index is 13.4. The van der Waals surface area contributed by atoms with Gasteiger partial charge in [0.25, 0.3) is 0 Å². The fourth-order valence-electron chi connectivity index (χ4n) is 5.07. The third-order valence-corrected chi connectivity index (χ3v) is 6.36. The van der Waals surface area contributed by atoms with Crippen molar-refractivity contribution in [2.45, 2.75) is 25.9 Å². The van der Waals surface area contributed by atoms with Crippen LogP contribution in [0.15, 0.2) is 54.6 Å². The minimum atomic E-state index is -0.733. The van der Waals surface area contributed by atoms with Crippen molar-refractivity contribution < 1.29 is 19.2 Å². The van der Waals surface area contributed by atoms with Crippen molar-refractivity contribution in [3.63, 3.8) is 0 Å². The van der Waals surface area contributed by atoms with Gasteiger partial charge in [0, 0.05) is 11.3 Å². The lowest BCUT2D eigenvalue weighted by Crippen LogP contribution is -2.48. The van der Waals surface area contributed by atoms with Crippen molar-refractivity contribution in [3.8, 4) is 0 Å². The Morgan fingerprint density at radius 2 is 1.53 bits per heavy atom. The van der Waals surface area contributed by atoms with Gasteiger partial charge in [0.05, 0.1) is 23.6 Å². The highest BCUT2D eigenvalue weighted by molar-refractivity contribution is 6.24. The molecule has 3 heterocycles. The molecule has 0 unspecified atom stereocenters. The maximum atomic E-state index is 13.4. The largest absolute Gasteiger partial charge is 0.353 e. The molecule has 0 saturated carbocycles. The second kappa shape index (κ2) is 6.49. The summed E-state index contributed by atoms with van der Waals surface area (Å²) in [6, 6.07) is 13.1. The molecule has 2 amide bonds. The van der Waals surface area contributed by atoms with Crippen LogP contribution in [0.25, 0.3) is 6.08 Å². The SMILES string of the molecule is CC(=O)c1ccc(N2C(=O)[C@@H]3[C@H](C2=O)[C@H](C(C)=O)N2c4ccccc4C=C[C@@H]32)cc1. The van der Waals surface area contributed by atoms with Gasteiger partial charge in [-0.25, -0.2) is 4.90 Å². The molecule has 0 aliphatic carbocycles. The Kier molecular flexibility index (Phi) is 4.00. The highest BCUT2D eigenvalue weighted by atomic mass is 16.2. The van der Waals surface area contributed by atoms with Gasteiger partial charge in [-0.2, -0.15) is 0 Å². The molecule has 0 aromatic heterocycles. The van der Waals surface area contributed by atoms with E-state index in [1.54, 1.807) is 24.3 Å². The van der Waals surface area contributed by atoms with E-state index in [2.05, 4.69) is 0 Å². The number of imide groups is 1. The first-order valence-electron chi connectivity index (χ1n) is 9.95. The number of ketones is 2. The number of Topliss-reactive ketones (excluding diaryl/α,β-unsaturated/α-hetero) is 2. The molecule has 5 rings (SSSR count). The zero-order valence-corrected chi connectivity index (χ0v) is 16.6. The van der Waals surface area contributed by atoms with Gasteiger partial charge in [-0.05, 0) is 49.7 Å². The Morgan fingerprint density at radius 3 is 2.20 bits per heavy atom. The minimum absolute atomic E-state index is 0.0872. The van der Waals surface area contributed by atoms with Crippen molar-refractivity contribution in [1.82, 2.24) is 0 Å². The summed E-state index contributed by atoms with van der Waals surface area (Å²) in [5, 5.41) is 0. The monoisotopic (exact) mass is 400 g/mol. The van der Waals surface area contributed by atoms with E-state index in [9.17, 15) is 19.2 Å². The van der Waals surface area contributed by atoms with E-state index in [-0.39, 0.29) is 29.4 Å². The van der Waals surface area contributed by atoms with Crippen LogP contribution in [0.3, 0.4) is 0 Å². The van der Waals surface area contributed by atoms with E-state index >= 15 is 0 Å². The third-order valence-electron chi connectivity index (χ3n) is 6.36. The van der Waals surface area contributed by atoms with Crippen LogP contribution in [0.2, 0.25) is 0 Å². The Balaban J connectivity index is 1.58. The zero-order chi connectivity index (χ0) is 21.2. The van der Waals surface area contributed by atoms with Gasteiger partial charge in [0.15, 0.2) is 11.6 Å². The Bertz CT molecular complexity index is 1130. The Labute approximate surface area is 173 Å². The molecule has 2 aromatic rings. The second-order valence-corrected chi connectivity index (χ2v) is 8.04. The second-order valence-electron chi connectivity index (χ2n) is 8.04. The average Bonchev–Trinajstić information content (AvgIpc) is 3.21. The Hall–Kier alpha value is -3.54. The number of benzene rings is 2. The number of carbonyl (C=O) groups is 4. The summed E-state index contributed by atoms with van der Waals surface area (Å²) >= 11 is 0. The van der Waals surface area contributed by atoms with E-state index in [1.807, 2.05) is 41.3 Å². The van der Waals surface area contributed by atoms with Crippen LogP contribution in [0.1, 0.15) is 29.8 Å². The first-order chi connectivity index (χ1) is 14.4. The van der Waals surface area contributed by atoms with Crippen LogP contribution in [-0.4, -0.2) is 35.5 Å². The molecule has 6 heteroatoms. The number of carbonyl (C=O) groups excluding carboxylic acids is 4. The molecular formula is C24H20N2O4. The molecule has 3 aliphatic heterocycles. The first-order valence-corrected chi connectivity index (χ1v) is 9.95. The third kappa shape index (κ3) is 2.43. The van der Waals surface area contributed by atoms with E-state index in [0.29, 0.717) is 11.3 Å². The highest BCUT2D eigenvalue weighted by Crippen LogP contribution is 2.49. The molecule has 4 atom stereocenters. The normalized spacial score (nSPS) is 26.5. The number of anilines is 2. The summed E-state index contributed by atoms with van der Waals surface area (Å²) in [4.78, 5) is 54.2. The summed E-state index contributed by atoms with van der Waals surface area (Å²) in [5.41, 5.74) is 2.78. The number of para-hydroxylation sites is 1. The van der Waals surface area contributed by atoms with Gasteiger partial charge >= 0.3 is 0 Å². The number of nitrogens with zero attached hydrogens (tertiary/aromatic N) is 2. The molecule has 30 heavy (non-hydrogen) atoms. The van der Waals surface area contributed by atoms with Gasteiger partial charge in [0.1, 0.15) is 6.04 Å². The lowest BCUT2D eigenvalue weighted by molar-refractivity contribution is -0.126. The molecule has 2 aromatic carbocycles. The molecule has 0 N–H and O–H groups in total. The van der Waals surface area contributed by atoms with E-state index < -0.39 is 17.9 Å². The topological polar surface area (TPSA) is 74.8 Å². The molecule has 0 bridgehead atoms. The smallest absolute Gasteiger partial charge is 0.240 e. The number of amides is 2. The fourth-order valence-corrected chi connectivity index (χ4v) is 5.07. The number of fused-ring (bicyclic) bond motifs is 5. The predicted octanol–water partition coefficient (Wildman–Crippen LogP) is 2.87. The van der Waals surface area contributed by atoms with Gasteiger partial charge in [-0.15, -0.1) is 0 Å². The Morgan fingerprint density at radius 1 is 0.867 bits per heavy atom. The van der Waals surface area contributed by atoms with Crippen LogP contribution in [0.4, 0.5) is 11.4 Å². The van der Waals surface area contributed by atoms with Gasteiger partial charge in [-0.1, -0.05) is 30.4 Å². The number of rotatable bonds is 3. The van der Waals surface area contributed by atoms with E-state index in [4.69, 9.17) is 0 Å². The molecule has 0 spiro atoms. The van der Waals surface area contributed by atoms with Gasteiger partial charge in [0.2, 0.25) is 11.8 Å². The molecular weight excluding hydrogens is 380 g/mol. The zero-order valence-electron chi connectivity index (χ0n) is 16.6. The lowest BCUT2D eigenvalue weighted by Gasteiger charge is -2.36. The highest BCUT2D eigenvalue weighted by Gasteiger charge is 2.63. The number of hydrogen-bond donors (Lipinski definition) is 0. The average molecular weight is 400 g/mol. The molecule has 2 fully saturated rings. The molecule has 2 saturated heterocycles. The van der Waals surface area contributed by atoms with Crippen molar-refractivity contribution in [1.29, 1.82) is 0 Å². The molecule has 150 valence electrons. The first kappa shape index (κ1) is 18.5. The van der Waals surface area contributed by atoms with Crippen LogP contribution >= 0.6 is 0 Å². The van der Waals surface area contributed by atoms with Crippen LogP contribution in [-0.2, 0) is 14.4 Å². The summed E-state index contributed by atoms with van der Waals surface area (Å²) in [6.07, 6.45) is 3.88. The van der Waals surface area contributed by atoms with Crippen LogP contribution in [0, 0.1) is 11.8 Å². The molecule has 3 aliphatic rings. The lowest BCUT2D eigenvalue weighted by atomic mass is 9.88. The fraction of sp³-hybridized carbons (Fsp3) is 0.250. The number of hydrogen-bond acceptors (Lipinski definition) is 5. The molecule has 0 radical (unpaired) electrons. The summed E-state index contributed by atoms with van der Waals surface area (Å²) in [5.74, 6) is -2.24. The minimum Gasteiger partial charge on any atom is -0.353 e. The maximum Gasteiger partial charge on any atom is 0.240 e. The molecule has 6 nitrogen and oxygen atoms in total. The van der Waals surface area contributed by atoms with E-state index in [1.165, 1.54) is 18.7 Å². The van der Waals surface area contributed by atoms with Gasteiger partial charge in [-0.3, -0.25) is 19.2 Å². The van der Waals surface area contributed by atoms with Crippen molar-refractivity contribution in [2.75, 3.05) is 9.80 Å².